The lowest BCUT2D eigenvalue weighted by Crippen LogP contribution is -2.08. The van der Waals surface area contributed by atoms with Crippen LogP contribution in [0.15, 0.2) is 29.4 Å². The molecule has 18 heavy (non-hydrogen) atoms. The number of benzene rings is 1. The van der Waals surface area contributed by atoms with Crippen LogP contribution in [0.3, 0.4) is 0 Å². The van der Waals surface area contributed by atoms with Crippen molar-refractivity contribution in [3.8, 4) is 0 Å². The summed E-state index contributed by atoms with van der Waals surface area (Å²) >= 11 is 0. The Morgan fingerprint density at radius 1 is 1.28 bits per heavy atom. The molecule has 1 rings (SSSR count). The molecule has 0 atom stereocenters. The van der Waals surface area contributed by atoms with Crippen molar-refractivity contribution >= 4 is 5.71 Å². The average Bonchev–Trinajstić information content (AvgIpc) is 2.38. The third-order valence-corrected chi connectivity index (χ3v) is 2.59. The van der Waals surface area contributed by atoms with Crippen LogP contribution in [0.2, 0.25) is 0 Å². The van der Waals surface area contributed by atoms with Crippen molar-refractivity contribution in [1.29, 1.82) is 0 Å². The zero-order chi connectivity index (χ0) is 13.2. The SMILES string of the molecule is Cc1ccc(/C(CCCCO)=N/OCCN)cc1. The predicted octanol–water partition coefficient (Wildman–Crippen LogP) is 1.84. The second-order valence-corrected chi connectivity index (χ2v) is 4.21. The van der Waals surface area contributed by atoms with E-state index in [0.717, 1.165) is 30.5 Å². The van der Waals surface area contributed by atoms with Crippen LogP contribution in [0.1, 0.15) is 30.4 Å². The Kier molecular flexibility index (Phi) is 7.06. The summed E-state index contributed by atoms with van der Waals surface area (Å²) in [5.41, 5.74) is 8.57. The summed E-state index contributed by atoms with van der Waals surface area (Å²) in [4.78, 5) is 5.16. The van der Waals surface area contributed by atoms with Gasteiger partial charge in [-0.2, -0.15) is 0 Å². The van der Waals surface area contributed by atoms with Crippen LogP contribution in [0.4, 0.5) is 0 Å². The molecule has 0 saturated carbocycles. The molecule has 4 heteroatoms. The molecule has 1 aromatic rings. The molecule has 0 radical (unpaired) electrons. The highest BCUT2D eigenvalue weighted by Crippen LogP contribution is 2.10. The van der Waals surface area contributed by atoms with Gasteiger partial charge in [-0.3, -0.25) is 0 Å². The van der Waals surface area contributed by atoms with Gasteiger partial charge in [-0.05, 0) is 31.7 Å². The Balaban J connectivity index is 2.69. The average molecular weight is 250 g/mol. The number of nitrogens with zero attached hydrogens (tertiary/aromatic N) is 1. The van der Waals surface area contributed by atoms with Crippen molar-refractivity contribution in [3.05, 3.63) is 35.4 Å². The summed E-state index contributed by atoms with van der Waals surface area (Å²) in [5, 5.41) is 13.0. The van der Waals surface area contributed by atoms with E-state index in [0.29, 0.717) is 13.2 Å². The molecular weight excluding hydrogens is 228 g/mol. The van der Waals surface area contributed by atoms with Crippen LogP contribution in [-0.2, 0) is 4.84 Å². The maximum Gasteiger partial charge on any atom is 0.129 e. The van der Waals surface area contributed by atoms with Crippen LogP contribution in [0, 0.1) is 6.92 Å². The predicted molar refractivity (Wildman–Crippen MR) is 73.7 cm³/mol. The third kappa shape index (κ3) is 5.29. The van der Waals surface area contributed by atoms with Gasteiger partial charge in [0.15, 0.2) is 0 Å². The molecule has 0 aliphatic rings. The normalized spacial score (nSPS) is 11.6. The van der Waals surface area contributed by atoms with Gasteiger partial charge in [0.1, 0.15) is 6.61 Å². The zero-order valence-corrected chi connectivity index (χ0v) is 10.9. The van der Waals surface area contributed by atoms with E-state index in [1.54, 1.807) is 0 Å². The van der Waals surface area contributed by atoms with Crippen LogP contribution in [0.25, 0.3) is 0 Å². The summed E-state index contributed by atoms with van der Waals surface area (Å²) in [6.45, 7) is 3.15. The first-order valence-electron chi connectivity index (χ1n) is 6.34. The molecule has 0 spiro atoms. The van der Waals surface area contributed by atoms with E-state index >= 15 is 0 Å². The first-order chi connectivity index (χ1) is 8.77. The lowest BCUT2D eigenvalue weighted by molar-refractivity contribution is 0.151. The van der Waals surface area contributed by atoms with Crippen molar-refractivity contribution in [3.63, 3.8) is 0 Å². The summed E-state index contributed by atoms with van der Waals surface area (Å²) in [6.07, 6.45) is 2.48. The molecular formula is C14H22N2O2. The summed E-state index contributed by atoms with van der Waals surface area (Å²) in [5.74, 6) is 0. The van der Waals surface area contributed by atoms with Gasteiger partial charge in [0.2, 0.25) is 0 Å². The monoisotopic (exact) mass is 250 g/mol. The fourth-order valence-electron chi connectivity index (χ4n) is 1.57. The Morgan fingerprint density at radius 3 is 2.61 bits per heavy atom. The Labute approximate surface area is 108 Å². The first-order valence-corrected chi connectivity index (χ1v) is 6.34. The van der Waals surface area contributed by atoms with Gasteiger partial charge in [-0.15, -0.1) is 0 Å². The number of aryl methyl sites for hydroxylation is 1. The molecule has 0 aliphatic carbocycles. The number of hydrogen-bond acceptors (Lipinski definition) is 4. The molecule has 0 aromatic heterocycles. The zero-order valence-electron chi connectivity index (χ0n) is 10.9. The highest BCUT2D eigenvalue weighted by molar-refractivity contribution is 6.00. The lowest BCUT2D eigenvalue weighted by Gasteiger charge is -2.07. The lowest BCUT2D eigenvalue weighted by atomic mass is 10.0. The van der Waals surface area contributed by atoms with Crippen LogP contribution >= 0.6 is 0 Å². The van der Waals surface area contributed by atoms with Gasteiger partial charge in [0.25, 0.3) is 0 Å². The quantitative estimate of drug-likeness (QED) is 0.420. The minimum atomic E-state index is 0.213. The molecule has 0 bridgehead atoms. The third-order valence-electron chi connectivity index (χ3n) is 2.59. The largest absolute Gasteiger partial charge is 0.396 e. The Hall–Kier alpha value is -1.39. The van der Waals surface area contributed by atoms with Crippen molar-refractivity contribution < 1.29 is 9.94 Å². The maximum absolute atomic E-state index is 8.81. The van der Waals surface area contributed by atoms with Crippen molar-refractivity contribution in [2.45, 2.75) is 26.2 Å². The minimum absolute atomic E-state index is 0.213. The van der Waals surface area contributed by atoms with Crippen LogP contribution in [-0.4, -0.2) is 30.6 Å². The van der Waals surface area contributed by atoms with E-state index in [4.69, 9.17) is 15.7 Å². The number of rotatable bonds is 8. The molecule has 3 N–H and O–H groups in total. The Bertz CT molecular complexity index is 361. The fourth-order valence-corrected chi connectivity index (χ4v) is 1.57. The molecule has 0 heterocycles. The van der Waals surface area contributed by atoms with E-state index in [9.17, 15) is 0 Å². The van der Waals surface area contributed by atoms with Gasteiger partial charge in [-0.1, -0.05) is 35.0 Å². The van der Waals surface area contributed by atoms with E-state index in [-0.39, 0.29) is 6.61 Å². The van der Waals surface area contributed by atoms with Gasteiger partial charge in [-0.25, -0.2) is 0 Å². The van der Waals surface area contributed by atoms with E-state index < -0.39 is 0 Å². The van der Waals surface area contributed by atoms with E-state index in [2.05, 4.69) is 24.2 Å². The number of nitrogens with two attached hydrogens (primary N) is 1. The van der Waals surface area contributed by atoms with Crippen molar-refractivity contribution in [2.75, 3.05) is 19.8 Å². The number of unbranched alkanes of at least 4 members (excludes halogenated alkanes) is 1. The van der Waals surface area contributed by atoms with Crippen molar-refractivity contribution in [1.82, 2.24) is 0 Å². The maximum atomic E-state index is 8.81. The molecule has 0 amide bonds. The standard InChI is InChI=1S/C14H22N2O2/c1-12-5-7-13(8-6-12)14(4-2-3-10-17)16-18-11-9-15/h5-8,17H,2-4,9-11,15H2,1H3/b16-14+. The van der Waals surface area contributed by atoms with E-state index in [1.807, 2.05) is 12.1 Å². The molecule has 1 aromatic carbocycles. The van der Waals surface area contributed by atoms with Gasteiger partial charge in [0.05, 0.1) is 5.71 Å². The fraction of sp³-hybridized carbons (Fsp3) is 0.500. The van der Waals surface area contributed by atoms with Crippen LogP contribution < -0.4 is 5.73 Å². The highest BCUT2D eigenvalue weighted by atomic mass is 16.6. The number of aliphatic hydroxyl groups is 1. The minimum Gasteiger partial charge on any atom is -0.396 e. The van der Waals surface area contributed by atoms with E-state index in [1.165, 1.54) is 5.56 Å². The molecule has 0 fully saturated rings. The second-order valence-electron chi connectivity index (χ2n) is 4.21. The Morgan fingerprint density at radius 2 is 2.00 bits per heavy atom. The molecule has 0 saturated heterocycles. The first kappa shape index (κ1) is 14.7. The second kappa shape index (κ2) is 8.66. The molecule has 0 aliphatic heterocycles. The molecule has 100 valence electrons. The van der Waals surface area contributed by atoms with Crippen LogP contribution in [0.5, 0.6) is 0 Å². The summed E-state index contributed by atoms with van der Waals surface area (Å²) < 4.78 is 0. The number of oxime groups is 1. The van der Waals surface area contributed by atoms with Gasteiger partial charge in [0, 0.05) is 13.2 Å². The van der Waals surface area contributed by atoms with Crippen molar-refractivity contribution in [2.24, 2.45) is 10.9 Å². The summed E-state index contributed by atoms with van der Waals surface area (Å²) in [6, 6.07) is 8.19. The molecule has 0 unspecified atom stereocenters. The molecule has 4 nitrogen and oxygen atoms in total. The van der Waals surface area contributed by atoms with Gasteiger partial charge < -0.3 is 15.7 Å². The van der Waals surface area contributed by atoms with Gasteiger partial charge >= 0.3 is 0 Å². The highest BCUT2D eigenvalue weighted by Gasteiger charge is 2.04. The number of hydrogen-bond donors (Lipinski definition) is 2. The summed E-state index contributed by atoms with van der Waals surface area (Å²) in [7, 11) is 0. The number of aliphatic hydroxyl groups excluding tert-OH is 1. The smallest absolute Gasteiger partial charge is 0.129 e. The topological polar surface area (TPSA) is 67.8 Å².